The zero-order valence-electron chi connectivity index (χ0n) is 10.3. The van der Waals surface area contributed by atoms with Gasteiger partial charge in [0, 0.05) is 53.8 Å². The Balaban J connectivity index is -0.000000720. The van der Waals surface area contributed by atoms with Crippen molar-refractivity contribution in [2.45, 2.75) is 40.7 Å². The summed E-state index contributed by atoms with van der Waals surface area (Å²) in [4.78, 5) is 0. The molecule has 1 N–H and O–H groups in total. The van der Waals surface area contributed by atoms with E-state index >= 15 is 0 Å². The number of allylic oxidation sites excluding steroid dienone is 3. The van der Waals surface area contributed by atoms with Gasteiger partial charge in [0.1, 0.15) is 0 Å². The predicted octanol–water partition coefficient (Wildman–Crippen LogP) is 2.96. The van der Waals surface area contributed by atoms with E-state index in [1.165, 1.54) is 0 Å². The van der Waals surface area contributed by atoms with Crippen molar-refractivity contribution >= 4 is 0 Å². The summed E-state index contributed by atoms with van der Waals surface area (Å²) in [6, 6.07) is 0. The van der Waals surface area contributed by atoms with Crippen LogP contribution in [0.25, 0.3) is 0 Å². The largest absolute Gasteiger partial charge is 0.392 e. The van der Waals surface area contributed by atoms with E-state index in [1.807, 2.05) is 46.8 Å². The molecule has 0 unspecified atom stereocenters. The molecule has 0 bridgehead atoms. The van der Waals surface area contributed by atoms with Gasteiger partial charge in [-0.2, -0.15) is 6.08 Å². The van der Waals surface area contributed by atoms with E-state index in [0.717, 1.165) is 5.57 Å². The molecule has 0 aliphatic carbocycles. The summed E-state index contributed by atoms with van der Waals surface area (Å²) in [6.45, 7) is 9.99. The van der Waals surface area contributed by atoms with Crippen LogP contribution in [0.15, 0.2) is 17.7 Å². The third-order valence-electron chi connectivity index (χ3n) is 2.27. The van der Waals surface area contributed by atoms with E-state index in [2.05, 4.69) is 6.08 Å². The van der Waals surface area contributed by atoms with Crippen LogP contribution in [0.1, 0.15) is 34.6 Å². The molecule has 15 heavy (non-hydrogen) atoms. The first-order chi connectivity index (χ1) is 5.99. The van der Waals surface area contributed by atoms with Crippen molar-refractivity contribution < 1.29 is 58.9 Å². The van der Waals surface area contributed by atoms with Crippen LogP contribution in [0.2, 0.25) is 0 Å². The maximum atomic E-state index is 9.70. The summed E-state index contributed by atoms with van der Waals surface area (Å²) in [6.07, 6.45) is 6.84. The fourth-order valence-electron chi connectivity index (χ4n) is 1.10. The molecule has 0 aliphatic rings. The van der Waals surface area contributed by atoms with E-state index in [4.69, 9.17) is 0 Å². The Morgan fingerprint density at radius 1 is 1.27 bits per heavy atom. The first-order valence-corrected chi connectivity index (χ1v) is 4.86. The van der Waals surface area contributed by atoms with Crippen molar-refractivity contribution in [2.75, 3.05) is 0 Å². The van der Waals surface area contributed by atoms with Crippen LogP contribution in [-0.4, -0.2) is 11.2 Å². The van der Waals surface area contributed by atoms with Gasteiger partial charge in [-0.25, -0.2) is 11.6 Å². The van der Waals surface area contributed by atoms with Gasteiger partial charge < -0.3 is 5.11 Å². The Morgan fingerprint density at radius 3 is 2.07 bits per heavy atom. The predicted molar refractivity (Wildman–Crippen MR) is 57.3 cm³/mol. The molecule has 1 nitrogen and oxygen atoms in total. The second-order valence-electron chi connectivity index (χ2n) is 3.89. The average Bonchev–Trinajstić information content (AvgIpc) is 2.11. The smallest absolute Gasteiger partial charge is 0.0608 e. The minimum atomic E-state index is -0.249. The molecule has 0 fully saturated rings. The second-order valence-corrected chi connectivity index (χ2v) is 3.89. The minimum Gasteiger partial charge on any atom is -0.392 e. The fraction of sp³-hybridized carbons (Fsp3) is 0.667. The van der Waals surface area contributed by atoms with Crippen LogP contribution < -0.4 is 0 Å². The summed E-state index contributed by atoms with van der Waals surface area (Å²) < 4.78 is 0. The zero-order chi connectivity index (χ0) is 10.4. The minimum absolute atomic E-state index is 0. The summed E-state index contributed by atoms with van der Waals surface area (Å²) >= 11 is 0. The van der Waals surface area contributed by atoms with Gasteiger partial charge >= 0.3 is 0 Å². The molecule has 0 aromatic rings. The monoisotopic (exact) mass is 454 g/mol. The third kappa shape index (κ3) is 10.1. The van der Waals surface area contributed by atoms with Gasteiger partial charge in [-0.05, 0) is 11.8 Å². The normalized spacial score (nSPS) is 15.8. The summed E-state index contributed by atoms with van der Waals surface area (Å²) in [7, 11) is 0. The number of aliphatic hydroxyl groups excluding tert-OH is 1. The Hall–Kier alpha value is 1.23. The Labute approximate surface area is 134 Å². The van der Waals surface area contributed by atoms with E-state index in [0.29, 0.717) is 5.92 Å². The molecule has 85 valence electrons. The molecule has 2 atom stereocenters. The molecule has 0 saturated heterocycles. The van der Waals surface area contributed by atoms with E-state index in [-0.39, 0.29) is 65.8 Å². The molecule has 0 aliphatic heterocycles. The zero-order valence-corrected chi connectivity index (χ0v) is 16.1. The molecule has 0 amide bonds. The number of aliphatic hydroxyl groups is 1. The Morgan fingerprint density at radius 2 is 1.73 bits per heavy atom. The van der Waals surface area contributed by atoms with E-state index in [1.54, 1.807) is 0 Å². The fourth-order valence-corrected chi connectivity index (χ4v) is 1.10. The molecule has 1 radical (unpaired) electrons. The first kappa shape index (κ1) is 21.5. The summed E-state index contributed by atoms with van der Waals surface area (Å²) in [5, 5.41) is 9.70. The number of rotatable bonds is 4. The van der Waals surface area contributed by atoms with Crippen molar-refractivity contribution in [1.29, 1.82) is 0 Å². The SMILES string of the molecule is C[C-]=C(C)/C=C/[C@@H](C)[C@@H](O)C(C)C.[W].[Y]. The van der Waals surface area contributed by atoms with Gasteiger partial charge in [0.25, 0.3) is 0 Å². The van der Waals surface area contributed by atoms with Gasteiger partial charge in [0.05, 0.1) is 6.10 Å². The van der Waals surface area contributed by atoms with E-state index in [9.17, 15) is 5.11 Å². The van der Waals surface area contributed by atoms with Crippen LogP contribution in [-0.2, 0) is 53.8 Å². The molecule has 3 heteroatoms. The van der Waals surface area contributed by atoms with Crippen molar-refractivity contribution in [2.24, 2.45) is 11.8 Å². The van der Waals surface area contributed by atoms with Crippen LogP contribution in [0, 0.1) is 17.9 Å². The van der Waals surface area contributed by atoms with Crippen molar-refractivity contribution in [3.63, 3.8) is 0 Å². The summed E-state index contributed by atoms with van der Waals surface area (Å²) in [5.74, 6) is 0.526. The topological polar surface area (TPSA) is 20.2 Å². The van der Waals surface area contributed by atoms with Crippen LogP contribution in [0.4, 0.5) is 0 Å². The average molecular weight is 454 g/mol. The van der Waals surface area contributed by atoms with Crippen LogP contribution in [0.3, 0.4) is 0 Å². The van der Waals surface area contributed by atoms with Crippen molar-refractivity contribution in [1.82, 2.24) is 0 Å². The molecular weight excluding hydrogens is 433 g/mol. The molecule has 0 rings (SSSR count). The van der Waals surface area contributed by atoms with E-state index < -0.39 is 0 Å². The maximum absolute atomic E-state index is 9.70. The standard InChI is InChI=1S/C12H21O.W.Y/c1-6-10(4)7-8-11(5)12(13)9(2)3;;/h7-9,11-13H,1-5H3;;/q-1;;/b8-7+;;/t11-,12+;;/m1../s1. The third-order valence-corrected chi connectivity index (χ3v) is 2.27. The van der Waals surface area contributed by atoms with Crippen molar-refractivity contribution in [3.8, 4) is 0 Å². The van der Waals surface area contributed by atoms with Gasteiger partial charge in [-0.1, -0.05) is 27.7 Å². The van der Waals surface area contributed by atoms with Gasteiger partial charge in [0.15, 0.2) is 0 Å². The maximum Gasteiger partial charge on any atom is 0.0608 e. The van der Waals surface area contributed by atoms with Crippen molar-refractivity contribution in [3.05, 3.63) is 23.8 Å². The van der Waals surface area contributed by atoms with Crippen LogP contribution >= 0.6 is 0 Å². The second kappa shape index (κ2) is 11.7. The van der Waals surface area contributed by atoms with Gasteiger partial charge in [-0.3, -0.25) is 6.08 Å². The molecule has 0 aromatic heterocycles. The molecule has 0 saturated carbocycles. The molecular formula is C12H21OWY-. The molecule has 0 heterocycles. The quantitative estimate of drug-likeness (QED) is 0.512. The molecule has 0 aromatic carbocycles. The van der Waals surface area contributed by atoms with Gasteiger partial charge in [0.2, 0.25) is 0 Å². The number of hydrogen-bond donors (Lipinski definition) is 1. The molecule has 0 spiro atoms. The summed E-state index contributed by atoms with van der Waals surface area (Å²) in [5.41, 5.74) is 1.11. The Bertz CT molecular complexity index is 200. The number of hydrogen-bond acceptors (Lipinski definition) is 1. The van der Waals surface area contributed by atoms with Gasteiger partial charge in [-0.15, -0.1) is 6.92 Å². The van der Waals surface area contributed by atoms with Crippen LogP contribution in [0.5, 0.6) is 0 Å². The Kier molecular flexibility index (Phi) is 16.8. The first-order valence-electron chi connectivity index (χ1n) is 4.86.